The van der Waals surface area contributed by atoms with Crippen LogP contribution in [0.5, 0.6) is 0 Å². The largest absolute Gasteiger partial charge is 0.342 e. The fourth-order valence-corrected chi connectivity index (χ4v) is 3.36. The Morgan fingerprint density at radius 2 is 1.47 bits per heavy atom. The molecule has 0 saturated heterocycles. The molecule has 3 rings (SSSR count). The van der Waals surface area contributed by atoms with E-state index in [9.17, 15) is 4.79 Å². The number of nitrogens with zero attached hydrogens (tertiary/aromatic N) is 1. The van der Waals surface area contributed by atoms with Crippen LogP contribution in [0.3, 0.4) is 0 Å². The highest BCUT2D eigenvalue weighted by atomic mass is 16.2. The van der Waals surface area contributed by atoms with Crippen molar-refractivity contribution in [2.75, 3.05) is 13.1 Å². The minimum absolute atomic E-state index is 0.107. The van der Waals surface area contributed by atoms with Crippen LogP contribution in [0.25, 0.3) is 0 Å². The first-order chi connectivity index (χ1) is 9.24. The lowest BCUT2D eigenvalue weighted by Gasteiger charge is -2.29. The molecule has 0 bridgehead atoms. The smallest absolute Gasteiger partial charge is 0.227 e. The summed E-state index contributed by atoms with van der Waals surface area (Å²) in [4.78, 5) is 15.0. The third-order valence-corrected chi connectivity index (χ3v) is 5.05. The molecule has 0 unspecified atom stereocenters. The second-order valence-electron chi connectivity index (χ2n) is 7.04. The molecule has 3 saturated carbocycles. The van der Waals surface area contributed by atoms with Gasteiger partial charge in [0, 0.05) is 19.1 Å². The number of carbonyl (C=O) groups excluding carboxylic acids is 1. The van der Waals surface area contributed by atoms with Crippen molar-refractivity contribution in [2.45, 2.75) is 63.8 Å². The number of rotatable bonds is 5. The molecule has 3 heteroatoms. The van der Waals surface area contributed by atoms with Gasteiger partial charge in [0.15, 0.2) is 0 Å². The van der Waals surface area contributed by atoms with E-state index >= 15 is 0 Å². The minimum Gasteiger partial charge on any atom is -0.342 e. The molecule has 3 aliphatic carbocycles. The lowest BCUT2D eigenvalue weighted by molar-refractivity contribution is -0.137. The van der Waals surface area contributed by atoms with Crippen molar-refractivity contribution in [3.05, 3.63) is 0 Å². The van der Waals surface area contributed by atoms with E-state index in [1.807, 2.05) is 0 Å². The zero-order valence-electron chi connectivity index (χ0n) is 12.0. The van der Waals surface area contributed by atoms with Crippen LogP contribution in [0.2, 0.25) is 0 Å². The van der Waals surface area contributed by atoms with Gasteiger partial charge in [-0.3, -0.25) is 4.79 Å². The van der Waals surface area contributed by atoms with Gasteiger partial charge in [0.05, 0.1) is 5.92 Å². The molecule has 0 heterocycles. The molecule has 0 aromatic carbocycles. The molecule has 3 fully saturated rings. The molecule has 108 valence electrons. The van der Waals surface area contributed by atoms with Crippen molar-refractivity contribution >= 4 is 5.91 Å². The highest BCUT2D eigenvalue weighted by Crippen LogP contribution is 2.35. The Kier molecular flexibility index (Phi) is 4.11. The van der Waals surface area contributed by atoms with Crippen molar-refractivity contribution in [1.82, 2.24) is 4.90 Å². The van der Waals surface area contributed by atoms with Crippen LogP contribution < -0.4 is 5.73 Å². The van der Waals surface area contributed by atoms with Crippen molar-refractivity contribution < 1.29 is 4.79 Å². The molecule has 3 nitrogen and oxygen atoms in total. The van der Waals surface area contributed by atoms with E-state index in [1.165, 1.54) is 44.9 Å². The van der Waals surface area contributed by atoms with Gasteiger partial charge in [-0.2, -0.15) is 0 Å². The summed E-state index contributed by atoms with van der Waals surface area (Å²) in [6, 6.07) is 0.107. The fraction of sp³-hybridized carbons (Fsp3) is 0.938. The van der Waals surface area contributed by atoms with Gasteiger partial charge in [0.25, 0.3) is 0 Å². The van der Waals surface area contributed by atoms with Crippen LogP contribution in [0, 0.1) is 17.8 Å². The van der Waals surface area contributed by atoms with E-state index in [0.29, 0.717) is 5.91 Å². The quantitative estimate of drug-likeness (QED) is 0.776. The molecule has 0 aromatic heterocycles. The minimum atomic E-state index is 0.107. The van der Waals surface area contributed by atoms with E-state index < -0.39 is 0 Å². The maximum atomic E-state index is 12.8. The second kappa shape index (κ2) is 5.82. The van der Waals surface area contributed by atoms with Crippen LogP contribution in [0.15, 0.2) is 0 Å². The Balaban J connectivity index is 1.62. The summed E-state index contributed by atoms with van der Waals surface area (Å²) in [6.45, 7) is 2.02. The van der Waals surface area contributed by atoms with Gasteiger partial charge in [0.1, 0.15) is 0 Å². The summed E-state index contributed by atoms with van der Waals surface area (Å²) < 4.78 is 0. The van der Waals surface area contributed by atoms with Gasteiger partial charge in [-0.1, -0.05) is 19.3 Å². The Bertz CT molecular complexity index is 309. The Morgan fingerprint density at radius 1 is 0.895 bits per heavy atom. The van der Waals surface area contributed by atoms with E-state index in [-0.39, 0.29) is 12.0 Å². The highest BCUT2D eigenvalue weighted by molar-refractivity contribution is 5.79. The third-order valence-electron chi connectivity index (χ3n) is 5.05. The first kappa shape index (κ1) is 13.4. The molecule has 2 N–H and O–H groups in total. The SMILES string of the molecule is N[C@H]1CCCCC[C@@H]1C(=O)N(CC1CC1)CC1CC1. The number of hydrogen-bond donors (Lipinski definition) is 1. The summed E-state index contributed by atoms with van der Waals surface area (Å²) in [7, 11) is 0. The maximum absolute atomic E-state index is 12.8. The molecule has 19 heavy (non-hydrogen) atoms. The van der Waals surface area contributed by atoms with E-state index in [1.54, 1.807) is 0 Å². The second-order valence-corrected chi connectivity index (χ2v) is 7.04. The zero-order valence-corrected chi connectivity index (χ0v) is 12.0. The summed E-state index contributed by atoms with van der Waals surface area (Å²) in [5.41, 5.74) is 6.26. The van der Waals surface area contributed by atoms with E-state index in [2.05, 4.69) is 4.90 Å². The number of carbonyl (C=O) groups is 1. The van der Waals surface area contributed by atoms with Crippen LogP contribution in [-0.4, -0.2) is 29.9 Å². The normalized spacial score (nSPS) is 31.8. The van der Waals surface area contributed by atoms with Crippen molar-refractivity contribution in [2.24, 2.45) is 23.5 Å². The van der Waals surface area contributed by atoms with Gasteiger partial charge in [0.2, 0.25) is 5.91 Å². The predicted octanol–water partition coefficient (Wildman–Crippen LogP) is 2.54. The number of amides is 1. The summed E-state index contributed by atoms with van der Waals surface area (Å²) >= 11 is 0. The molecule has 0 aromatic rings. The zero-order chi connectivity index (χ0) is 13.2. The lowest BCUT2D eigenvalue weighted by Crippen LogP contribution is -2.45. The topological polar surface area (TPSA) is 46.3 Å². The van der Waals surface area contributed by atoms with Crippen LogP contribution in [-0.2, 0) is 4.79 Å². The molecular formula is C16H28N2O. The first-order valence-electron chi connectivity index (χ1n) is 8.28. The van der Waals surface area contributed by atoms with Gasteiger partial charge in [-0.15, -0.1) is 0 Å². The Labute approximate surface area is 116 Å². The van der Waals surface area contributed by atoms with Crippen LogP contribution >= 0.6 is 0 Å². The van der Waals surface area contributed by atoms with Crippen molar-refractivity contribution in [3.8, 4) is 0 Å². The van der Waals surface area contributed by atoms with Gasteiger partial charge in [-0.05, 0) is 50.4 Å². The monoisotopic (exact) mass is 264 g/mol. The van der Waals surface area contributed by atoms with E-state index in [4.69, 9.17) is 5.73 Å². The molecule has 0 radical (unpaired) electrons. The molecular weight excluding hydrogens is 236 g/mol. The highest BCUT2D eigenvalue weighted by Gasteiger charge is 2.36. The average Bonchev–Trinajstić information content (AvgIpc) is 3.25. The van der Waals surface area contributed by atoms with Crippen LogP contribution in [0.1, 0.15) is 57.8 Å². The summed E-state index contributed by atoms with van der Waals surface area (Å²) in [5, 5.41) is 0. The summed E-state index contributed by atoms with van der Waals surface area (Å²) in [5.74, 6) is 2.09. The van der Waals surface area contributed by atoms with Gasteiger partial charge in [-0.25, -0.2) is 0 Å². The first-order valence-corrected chi connectivity index (χ1v) is 8.28. The van der Waals surface area contributed by atoms with Gasteiger partial charge >= 0.3 is 0 Å². The average molecular weight is 264 g/mol. The molecule has 0 aliphatic heterocycles. The molecule has 3 aliphatic rings. The van der Waals surface area contributed by atoms with Crippen molar-refractivity contribution in [1.29, 1.82) is 0 Å². The third kappa shape index (κ3) is 3.71. The fourth-order valence-electron chi connectivity index (χ4n) is 3.36. The van der Waals surface area contributed by atoms with E-state index in [0.717, 1.165) is 37.8 Å². The standard InChI is InChI=1S/C16H28N2O/c17-15-5-3-1-2-4-14(15)16(19)18(10-12-6-7-12)11-13-8-9-13/h12-15H,1-11,17H2/t14-,15-/m0/s1. The maximum Gasteiger partial charge on any atom is 0.227 e. The van der Waals surface area contributed by atoms with Crippen molar-refractivity contribution in [3.63, 3.8) is 0 Å². The van der Waals surface area contributed by atoms with Crippen LogP contribution in [0.4, 0.5) is 0 Å². The molecule has 1 amide bonds. The molecule has 2 atom stereocenters. The van der Waals surface area contributed by atoms with Gasteiger partial charge < -0.3 is 10.6 Å². The Hall–Kier alpha value is -0.570. The summed E-state index contributed by atoms with van der Waals surface area (Å²) in [6.07, 6.45) is 11.0. The molecule has 0 spiro atoms. The Morgan fingerprint density at radius 3 is 2.05 bits per heavy atom. The number of nitrogens with two attached hydrogens (primary N) is 1. The predicted molar refractivity (Wildman–Crippen MR) is 76.6 cm³/mol. The lowest BCUT2D eigenvalue weighted by atomic mass is 9.93. The number of hydrogen-bond acceptors (Lipinski definition) is 2.